The lowest BCUT2D eigenvalue weighted by Gasteiger charge is -2.05. The Morgan fingerprint density at radius 3 is 2.76 bits per heavy atom. The van der Waals surface area contributed by atoms with Crippen LogP contribution in [0.15, 0.2) is 24.3 Å². The molecule has 0 saturated carbocycles. The quantitative estimate of drug-likeness (QED) is 0.782. The number of rotatable bonds is 1. The fraction of sp³-hybridized carbons (Fsp3) is 0.308. The Labute approximate surface area is 99.7 Å². The van der Waals surface area contributed by atoms with Crippen LogP contribution < -0.4 is 5.73 Å². The molecule has 1 atom stereocenters. The zero-order valence-corrected chi connectivity index (χ0v) is 9.72. The van der Waals surface area contributed by atoms with Gasteiger partial charge in [-0.1, -0.05) is 0 Å². The third-order valence-corrected chi connectivity index (χ3v) is 3.41. The van der Waals surface area contributed by atoms with E-state index in [2.05, 4.69) is 5.10 Å². The van der Waals surface area contributed by atoms with Gasteiger partial charge in [-0.2, -0.15) is 5.10 Å². The average Bonchev–Trinajstić information content (AvgIpc) is 2.83. The minimum absolute atomic E-state index is 0.0857. The second kappa shape index (κ2) is 3.60. The highest BCUT2D eigenvalue weighted by molar-refractivity contribution is 5.66. The third-order valence-electron chi connectivity index (χ3n) is 3.41. The molecule has 1 heterocycles. The standard InChI is InChI=1S/C13H15N3O/c1-16-11-7-6-10(14)12(11)13(15-16)8-2-4-9(17)5-3-8/h2-5,10,17H,6-7,14H2,1H3. The molecule has 0 aliphatic heterocycles. The van der Waals surface area contributed by atoms with Crippen LogP contribution in [0.25, 0.3) is 11.3 Å². The fourth-order valence-electron chi connectivity index (χ4n) is 2.53. The van der Waals surface area contributed by atoms with Crippen LogP contribution in [0.4, 0.5) is 0 Å². The molecule has 0 amide bonds. The first-order valence-electron chi connectivity index (χ1n) is 5.77. The summed E-state index contributed by atoms with van der Waals surface area (Å²) >= 11 is 0. The van der Waals surface area contributed by atoms with Crippen LogP contribution in [-0.4, -0.2) is 14.9 Å². The molecule has 0 fully saturated rings. The largest absolute Gasteiger partial charge is 0.508 e. The lowest BCUT2D eigenvalue weighted by molar-refractivity contribution is 0.475. The maximum Gasteiger partial charge on any atom is 0.115 e. The molecule has 4 heteroatoms. The van der Waals surface area contributed by atoms with Crippen molar-refractivity contribution < 1.29 is 5.11 Å². The molecule has 3 N–H and O–H groups in total. The molecule has 0 saturated heterocycles. The normalized spacial score (nSPS) is 18.4. The van der Waals surface area contributed by atoms with E-state index in [9.17, 15) is 5.11 Å². The Kier molecular flexibility index (Phi) is 2.19. The van der Waals surface area contributed by atoms with Gasteiger partial charge in [0.1, 0.15) is 5.75 Å². The Morgan fingerprint density at radius 1 is 1.35 bits per heavy atom. The fourth-order valence-corrected chi connectivity index (χ4v) is 2.53. The van der Waals surface area contributed by atoms with E-state index in [1.807, 2.05) is 23.9 Å². The lowest BCUT2D eigenvalue weighted by atomic mass is 10.0. The first-order valence-corrected chi connectivity index (χ1v) is 5.77. The van der Waals surface area contributed by atoms with Crippen LogP contribution in [-0.2, 0) is 13.5 Å². The van der Waals surface area contributed by atoms with Crippen LogP contribution in [0.5, 0.6) is 5.75 Å². The van der Waals surface area contributed by atoms with Crippen molar-refractivity contribution in [1.29, 1.82) is 0 Å². The molecule has 0 radical (unpaired) electrons. The molecule has 1 aromatic carbocycles. The smallest absolute Gasteiger partial charge is 0.115 e. The molecule has 1 unspecified atom stereocenters. The summed E-state index contributed by atoms with van der Waals surface area (Å²) in [6.45, 7) is 0. The van der Waals surface area contributed by atoms with Crippen LogP contribution in [0.2, 0.25) is 0 Å². The van der Waals surface area contributed by atoms with Gasteiger partial charge in [-0.15, -0.1) is 0 Å². The Bertz CT molecular complexity index is 557. The number of aromatic nitrogens is 2. The molecular weight excluding hydrogens is 214 g/mol. The SMILES string of the molecule is Cn1nc(-c2ccc(O)cc2)c2c1CCC2N. The molecule has 1 aliphatic rings. The van der Waals surface area contributed by atoms with Crippen molar-refractivity contribution in [2.24, 2.45) is 12.8 Å². The topological polar surface area (TPSA) is 64.1 Å². The van der Waals surface area contributed by atoms with Gasteiger partial charge in [-0.05, 0) is 37.1 Å². The summed E-state index contributed by atoms with van der Waals surface area (Å²) in [6.07, 6.45) is 1.99. The highest BCUT2D eigenvalue weighted by Crippen LogP contribution is 2.37. The first-order chi connectivity index (χ1) is 8.16. The number of phenolic OH excluding ortho intramolecular Hbond substituents is 1. The molecule has 88 valence electrons. The van der Waals surface area contributed by atoms with Crippen LogP contribution >= 0.6 is 0 Å². The summed E-state index contributed by atoms with van der Waals surface area (Å²) < 4.78 is 1.92. The second-order valence-electron chi connectivity index (χ2n) is 4.52. The van der Waals surface area contributed by atoms with Gasteiger partial charge >= 0.3 is 0 Å². The van der Waals surface area contributed by atoms with Crippen molar-refractivity contribution >= 4 is 0 Å². The van der Waals surface area contributed by atoms with E-state index in [4.69, 9.17) is 5.73 Å². The van der Waals surface area contributed by atoms with E-state index in [1.54, 1.807) is 12.1 Å². The zero-order valence-electron chi connectivity index (χ0n) is 9.72. The van der Waals surface area contributed by atoms with E-state index >= 15 is 0 Å². The number of hydrogen-bond acceptors (Lipinski definition) is 3. The average molecular weight is 229 g/mol. The van der Waals surface area contributed by atoms with E-state index in [-0.39, 0.29) is 11.8 Å². The molecule has 0 spiro atoms. The van der Waals surface area contributed by atoms with Gasteiger partial charge in [-0.25, -0.2) is 0 Å². The number of fused-ring (bicyclic) bond motifs is 1. The number of aromatic hydroxyl groups is 1. The highest BCUT2D eigenvalue weighted by Gasteiger charge is 2.27. The lowest BCUT2D eigenvalue weighted by Crippen LogP contribution is -2.06. The number of phenols is 1. The van der Waals surface area contributed by atoms with E-state index in [0.29, 0.717) is 0 Å². The number of nitrogens with zero attached hydrogens (tertiary/aromatic N) is 2. The molecular formula is C13H15N3O. The van der Waals surface area contributed by atoms with Crippen LogP contribution in [0.3, 0.4) is 0 Å². The molecule has 3 rings (SSSR count). The summed E-state index contributed by atoms with van der Waals surface area (Å²) in [7, 11) is 1.96. The zero-order chi connectivity index (χ0) is 12.0. The maximum atomic E-state index is 9.30. The Morgan fingerprint density at radius 2 is 2.06 bits per heavy atom. The van der Waals surface area contributed by atoms with Gasteiger partial charge in [0.05, 0.1) is 5.69 Å². The number of nitrogens with two attached hydrogens (primary N) is 1. The molecule has 1 aromatic heterocycles. The Balaban J connectivity index is 2.16. The second-order valence-corrected chi connectivity index (χ2v) is 4.52. The predicted molar refractivity (Wildman–Crippen MR) is 65.6 cm³/mol. The van der Waals surface area contributed by atoms with Gasteiger partial charge in [0.2, 0.25) is 0 Å². The molecule has 2 aromatic rings. The van der Waals surface area contributed by atoms with Gasteiger partial charge < -0.3 is 10.8 Å². The number of aryl methyl sites for hydroxylation is 1. The molecule has 4 nitrogen and oxygen atoms in total. The predicted octanol–water partition coefficient (Wildman–Crippen LogP) is 1.74. The van der Waals surface area contributed by atoms with Crippen LogP contribution in [0, 0.1) is 0 Å². The van der Waals surface area contributed by atoms with Crippen molar-refractivity contribution in [2.75, 3.05) is 0 Å². The van der Waals surface area contributed by atoms with E-state index < -0.39 is 0 Å². The van der Waals surface area contributed by atoms with E-state index in [1.165, 1.54) is 5.69 Å². The minimum Gasteiger partial charge on any atom is -0.508 e. The van der Waals surface area contributed by atoms with Gasteiger partial charge in [0.15, 0.2) is 0 Å². The minimum atomic E-state index is 0.0857. The molecule has 1 aliphatic carbocycles. The Hall–Kier alpha value is -1.81. The summed E-state index contributed by atoms with van der Waals surface area (Å²) in [5.74, 6) is 0.269. The number of benzene rings is 1. The molecule has 17 heavy (non-hydrogen) atoms. The maximum absolute atomic E-state index is 9.30. The van der Waals surface area contributed by atoms with Gasteiger partial charge in [0, 0.05) is 29.9 Å². The van der Waals surface area contributed by atoms with Crippen molar-refractivity contribution in [3.05, 3.63) is 35.5 Å². The van der Waals surface area contributed by atoms with Crippen LogP contribution in [0.1, 0.15) is 23.7 Å². The van der Waals surface area contributed by atoms with Gasteiger partial charge in [0.25, 0.3) is 0 Å². The van der Waals surface area contributed by atoms with Gasteiger partial charge in [-0.3, -0.25) is 4.68 Å². The molecule has 0 bridgehead atoms. The highest BCUT2D eigenvalue weighted by atomic mass is 16.3. The van der Waals surface area contributed by atoms with Crippen molar-refractivity contribution in [3.63, 3.8) is 0 Å². The summed E-state index contributed by atoms with van der Waals surface area (Å²) in [4.78, 5) is 0. The summed E-state index contributed by atoms with van der Waals surface area (Å²) in [6, 6.07) is 7.20. The van der Waals surface area contributed by atoms with Crippen molar-refractivity contribution in [2.45, 2.75) is 18.9 Å². The number of hydrogen-bond donors (Lipinski definition) is 2. The monoisotopic (exact) mass is 229 g/mol. The van der Waals surface area contributed by atoms with E-state index in [0.717, 1.165) is 29.7 Å². The summed E-state index contributed by atoms with van der Waals surface area (Å²) in [5, 5.41) is 13.8. The third kappa shape index (κ3) is 1.52. The van der Waals surface area contributed by atoms with Crippen molar-refractivity contribution in [3.8, 4) is 17.0 Å². The first kappa shape index (κ1) is 10.4. The summed E-state index contributed by atoms with van der Waals surface area (Å²) in [5.41, 5.74) is 10.5. The van der Waals surface area contributed by atoms with Crippen molar-refractivity contribution in [1.82, 2.24) is 9.78 Å².